The first-order valence-electron chi connectivity index (χ1n) is 6.05. The van der Waals surface area contributed by atoms with E-state index in [4.69, 9.17) is 11.6 Å². The summed E-state index contributed by atoms with van der Waals surface area (Å²) < 4.78 is 0. The molecule has 0 N–H and O–H groups in total. The van der Waals surface area contributed by atoms with E-state index in [1.165, 1.54) is 0 Å². The summed E-state index contributed by atoms with van der Waals surface area (Å²) in [5, 5.41) is 10.2. The maximum absolute atomic E-state index is 9.46. The van der Waals surface area contributed by atoms with Gasteiger partial charge in [-0.15, -0.1) is 0 Å². The molecule has 0 radical (unpaired) electrons. The van der Waals surface area contributed by atoms with Crippen LogP contribution in [-0.4, -0.2) is 0 Å². The molecule has 17 heavy (non-hydrogen) atoms. The lowest BCUT2D eigenvalue weighted by Crippen LogP contribution is -2.45. The summed E-state index contributed by atoms with van der Waals surface area (Å²) in [4.78, 5) is 0. The normalized spacial score (nSPS) is 28.3. The molecule has 1 aromatic rings. The molecule has 0 heterocycles. The number of hydrogen-bond donors (Lipinski definition) is 0. The monoisotopic (exact) mass is 247 g/mol. The molecule has 1 saturated carbocycles. The van der Waals surface area contributed by atoms with E-state index in [-0.39, 0.29) is 5.41 Å². The van der Waals surface area contributed by atoms with E-state index in [0.717, 1.165) is 23.4 Å². The van der Waals surface area contributed by atoms with Gasteiger partial charge in [0.1, 0.15) is 0 Å². The molecule has 0 amide bonds. The number of hydrogen-bond acceptors (Lipinski definition) is 1. The molecule has 90 valence electrons. The van der Waals surface area contributed by atoms with Crippen LogP contribution in [0.4, 0.5) is 0 Å². The average molecular weight is 248 g/mol. The van der Waals surface area contributed by atoms with Crippen molar-refractivity contribution in [3.63, 3.8) is 0 Å². The maximum Gasteiger partial charge on any atom is 0.0828 e. The Hall–Kier alpha value is -1.00. The lowest BCUT2D eigenvalue weighted by molar-refractivity contribution is 0.0783. The Balaban J connectivity index is 2.21. The average Bonchev–Trinajstić information content (AvgIpc) is 2.18. The number of nitriles is 1. The molecule has 0 atom stereocenters. The summed E-state index contributed by atoms with van der Waals surface area (Å²) in [5.41, 5.74) is 1.14. The van der Waals surface area contributed by atoms with Crippen LogP contribution in [0.2, 0.25) is 5.02 Å². The van der Waals surface area contributed by atoms with Gasteiger partial charge in [-0.3, -0.25) is 0 Å². The van der Waals surface area contributed by atoms with Crippen LogP contribution in [0, 0.1) is 22.7 Å². The van der Waals surface area contributed by atoms with Crippen LogP contribution in [0.25, 0.3) is 0 Å². The number of benzene rings is 1. The molecular formula is C15H18ClN. The topological polar surface area (TPSA) is 23.8 Å². The van der Waals surface area contributed by atoms with E-state index >= 15 is 0 Å². The SMILES string of the molecule is CC(C)(C)C1CC(C#N)(c2ccc(Cl)cc2)C1. The number of halogens is 1. The highest BCUT2D eigenvalue weighted by Gasteiger charge is 2.49. The third-order valence-corrected chi connectivity index (χ3v) is 4.28. The van der Waals surface area contributed by atoms with Gasteiger partial charge in [-0.25, -0.2) is 0 Å². The van der Waals surface area contributed by atoms with Gasteiger partial charge in [0.2, 0.25) is 0 Å². The number of nitrogens with zero attached hydrogens (tertiary/aromatic N) is 1. The van der Waals surface area contributed by atoms with Crippen molar-refractivity contribution in [1.82, 2.24) is 0 Å². The molecule has 0 saturated heterocycles. The van der Waals surface area contributed by atoms with Gasteiger partial charge in [0.15, 0.2) is 0 Å². The van der Waals surface area contributed by atoms with Crippen LogP contribution in [0.1, 0.15) is 39.2 Å². The van der Waals surface area contributed by atoms with E-state index in [9.17, 15) is 5.26 Å². The summed E-state index contributed by atoms with van der Waals surface area (Å²) in [5.74, 6) is 0.637. The maximum atomic E-state index is 9.46. The predicted octanol–water partition coefficient (Wildman–Crippen LogP) is 4.56. The zero-order valence-corrected chi connectivity index (χ0v) is 11.4. The molecule has 0 aliphatic heterocycles. The summed E-state index contributed by atoms with van der Waals surface area (Å²) in [6, 6.07) is 10.2. The molecule has 1 nitrogen and oxygen atoms in total. The molecule has 2 rings (SSSR count). The molecule has 0 spiro atoms. The highest BCUT2D eigenvalue weighted by atomic mass is 35.5. The molecular weight excluding hydrogens is 230 g/mol. The summed E-state index contributed by atoms with van der Waals surface area (Å²) in [7, 11) is 0. The zero-order chi connectivity index (χ0) is 12.7. The van der Waals surface area contributed by atoms with E-state index in [1.54, 1.807) is 0 Å². The minimum absolute atomic E-state index is 0.275. The zero-order valence-electron chi connectivity index (χ0n) is 10.6. The van der Waals surface area contributed by atoms with Crippen molar-refractivity contribution in [2.24, 2.45) is 11.3 Å². The van der Waals surface area contributed by atoms with Crippen LogP contribution in [0.15, 0.2) is 24.3 Å². The van der Waals surface area contributed by atoms with Crippen LogP contribution < -0.4 is 0 Å². The van der Waals surface area contributed by atoms with Crippen LogP contribution >= 0.6 is 11.6 Å². The minimum Gasteiger partial charge on any atom is -0.197 e. The molecule has 1 aliphatic carbocycles. The van der Waals surface area contributed by atoms with Crippen molar-refractivity contribution in [2.75, 3.05) is 0 Å². The minimum atomic E-state index is -0.275. The van der Waals surface area contributed by atoms with Crippen LogP contribution in [0.3, 0.4) is 0 Å². The van der Waals surface area contributed by atoms with Crippen molar-refractivity contribution in [1.29, 1.82) is 5.26 Å². The first-order chi connectivity index (χ1) is 7.87. The number of rotatable bonds is 1. The summed E-state index contributed by atoms with van der Waals surface area (Å²) in [6.07, 6.45) is 1.93. The van der Waals surface area contributed by atoms with Gasteiger partial charge in [-0.1, -0.05) is 44.5 Å². The largest absolute Gasteiger partial charge is 0.197 e. The second-order valence-corrected chi connectivity index (χ2v) is 6.61. The first-order valence-corrected chi connectivity index (χ1v) is 6.42. The van der Waals surface area contributed by atoms with E-state index in [1.807, 2.05) is 24.3 Å². The highest BCUT2D eigenvalue weighted by molar-refractivity contribution is 6.30. The fourth-order valence-corrected chi connectivity index (χ4v) is 2.68. The lowest BCUT2D eigenvalue weighted by Gasteiger charge is -2.49. The van der Waals surface area contributed by atoms with Gasteiger partial charge in [0.25, 0.3) is 0 Å². The van der Waals surface area contributed by atoms with Crippen molar-refractivity contribution < 1.29 is 0 Å². The quantitative estimate of drug-likeness (QED) is 0.714. The third-order valence-electron chi connectivity index (χ3n) is 4.03. The Bertz CT molecular complexity index is 441. The Morgan fingerprint density at radius 2 is 1.76 bits per heavy atom. The Morgan fingerprint density at radius 3 is 2.18 bits per heavy atom. The smallest absolute Gasteiger partial charge is 0.0828 e. The molecule has 2 heteroatoms. The van der Waals surface area contributed by atoms with E-state index in [2.05, 4.69) is 26.8 Å². The Labute approximate surface area is 108 Å². The molecule has 0 aromatic heterocycles. The van der Waals surface area contributed by atoms with Gasteiger partial charge in [-0.2, -0.15) is 5.26 Å². The summed E-state index contributed by atoms with van der Waals surface area (Å²) >= 11 is 5.88. The van der Waals surface area contributed by atoms with E-state index in [0.29, 0.717) is 11.3 Å². The van der Waals surface area contributed by atoms with Gasteiger partial charge in [-0.05, 0) is 41.9 Å². The first kappa shape index (κ1) is 12.5. The van der Waals surface area contributed by atoms with Gasteiger partial charge < -0.3 is 0 Å². The standard InChI is InChI=1S/C15H18ClN/c1-14(2,3)12-8-15(9-12,10-17)11-4-6-13(16)7-5-11/h4-7,12H,8-9H2,1-3H3. The molecule has 1 aromatic carbocycles. The molecule has 0 bridgehead atoms. The van der Waals surface area contributed by atoms with Crippen molar-refractivity contribution in [3.05, 3.63) is 34.9 Å². The molecule has 0 unspecified atom stereocenters. The van der Waals surface area contributed by atoms with Gasteiger partial charge in [0.05, 0.1) is 11.5 Å². The highest BCUT2D eigenvalue weighted by Crippen LogP contribution is 2.54. The van der Waals surface area contributed by atoms with Crippen LogP contribution in [0.5, 0.6) is 0 Å². The van der Waals surface area contributed by atoms with Crippen molar-refractivity contribution in [3.8, 4) is 6.07 Å². The predicted molar refractivity (Wildman–Crippen MR) is 70.9 cm³/mol. The van der Waals surface area contributed by atoms with Crippen molar-refractivity contribution in [2.45, 2.75) is 39.0 Å². The Morgan fingerprint density at radius 1 is 1.24 bits per heavy atom. The lowest BCUT2D eigenvalue weighted by atomic mass is 9.53. The fourth-order valence-electron chi connectivity index (χ4n) is 2.55. The van der Waals surface area contributed by atoms with E-state index < -0.39 is 0 Å². The van der Waals surface area contributed by atoms with Gasteiger partial charge >= 0.3 is 0 Å². The van der Waals surface area contributed by atoms with Crippen molar-refractivity contribution >= 4 is 11.6 Å². The van der Waals surface area contributed by atoms with Crippen LogP contribution in [-0.2, 0) is 5.41 Å². The Kier molecular flexibility index (Phi) is 2.96. The second-order valence-electron chi connectivity index (χ2n) is 6.17. The molecule has 1 fully saturated rings. The van der Waals surface area contributed by atoms with Gasteiger partial charge in [0, 0.05) is 5.02 Å². The fraction of sp³-hybridized carbons (Fsp3) is 0.533. The third kappa shape index (κ3) is 2.19. The molecule has 1 aliphatic rings. The summed E-state index contributed by atoms with van der Waals surface area (Å²) in [6.45, 7) is 6.75. The second kappa shape index (κ2) is 4.03.